The predicted molar refractivity (Wildman–Crippen MR) is 104 cm³/mol. The van der Waals surface area contributed by atoms with Gasteiger partial charge in [-0.3, -0.25) is 18.7 Å². The summed E-state index contributed by atoms with van der Waals surface area (Å²) in [7, 11) is 2.88. The third-order valence-electron chi connectivity index (χ3n) is 5.37. The van der Waals surface area contributed by atoms with E-state index >= 15 is 0 Å². The van der Waals surface area contributed by atoms with E-state index in [0.717, 1.165) is 30.6 Å². The maximum Gasteiger partial charge on any atom is 0.331 e. The summed E-state index contributed by atoms with van der Waals surface area (Å²) >= 11 is 0. The minimum absolute atomic E-state index is 0.0855. The van der Waals surface area contributed by atoms with Gasteiger partial charge in [0.25, 0.3) is 11.5 Å². The van der Waals surface area contributed by atoms with Gasteiger partial charge in [-0.05, 0) is 36.9 Å². The summed E-state index contributed by atoms with van der Waals surface area (Å²) in [6, 6.07) is 9.68. The monoisotopic (exact) mass is 370 g/mol. The first-order valence-electron chi connectivity index (χ1n) is 9.21. The van der Waals surface area contributed by atoms with Crippen molar-refractivity contribution in [3.63, 3.8) is 0 Å². The first-order valence-corrected chi connectivity index (χ1v) is 9.21. The highest BCUT2D eigenvalue weighted by atomic mass is 16.2. The quantitative estimate of drug-likeness (QED) is 0.837. The largest absolute Gasteiger partial charge is 0.349 e. The van der Waals surface area contributed by atoms with E-state index < -0.39 is 17.2 Å². The van der Waals surface area contributed by atoms with Crippen molar-refractivity contribution < 1.29 is 4.79 Å². The topological polar surface area (TPSA) is 76.3 Å². The first-order chi connectivity index (χ1) is 12.9. The lowest BCUT2D eigenvalue weighted by molar-refractivity contribution is 0.0939. The lowest BCUT2D eigenvalue weighted by Gasteiger charge is -2.17. The van der Waals surface area contributed by atoms with Crippen molar-refractivity contribution in [1.29, 1.82) is 0 Å². The fourth-order valence-electron chi connectivity index (χ4n) is 3.70. The highest BCUT2D eigenvalue weighted by molar-refractivity contribution is 5.92. The second kappa shape index (κ2) is 7.92. The molecule has 1 saturated heterocycles. The van der Waals surface area contributed by atoms with Gasteiger partial charge in [-0.2, -0.15) is 0 Å². The Hall–Kier alpha value is -2.67. The van der Waals surface area contributed by atoms with Crippen molar-refractivity contribution in [2.24, 2.45) is 14.1 Å². The highest BCUT2D eigenvalue weighted by Crippen LogP contribution is 2.28. The van der Waals surface area contributed by atoms with Crippen LogP contribution in [-0.2, 0) is 14.1 Å². The highest BCUT2D eigenvalue weighted by Gasteiger charge is 2.24. The number of carbonyl (C=O) groups excluding carboxylic acids is 1. The standard InChI is InChI=1S/C20H26N4O3/c1-14-6-4-5-7-16(14)15-8-10-24(13-15)11-9-21-19(26)17-12-18(25)23(3)20(27)22(17)2/h4-7,12,15H,8-11,13H2,1-3H3,(H,21,26). The van der Waals surface area contributed by atoms with E-state index in [9.17, 15) is 14.4 Å². The van der Waals surface area contributed by atoms with E-state index in [1.807, 2.05) is 0 Å². The van der Waals surface area contributed by atoms with E-state index in [-0.39, 0.29) is 5.69 Å². The average Bonchev–Trinajstić information content (AvgIpc) is 3.12. The average molecular weight is 370 g/mol. The van der Waals surface area contributed by atoms with Crippen LogP contribution < -0.4 is 16.6 Å². The number of aryl methyl sites for hydroxylation is 1. The zero-order chi connectivity index (χ0) is 19.6. The van der Waals surface area contributed by atoms with Crippen LogP contribution in [0.25, 0.3) is 0 Å². The molecule has 1 aliphatic rings. The normalized spacial score (nSPS) is 17.2. The van der Waals surface area contributed by atoms with Crippen molar-refractivity contribution in [3.8, 4) is 0 Å². The van der Waals surface area contributed by atoms with Crippen molar-refractivity contribution in [3.05, 3.63) is 68.0 Å². The summed E-state index contributed by atoms with van der Waals surface area (Å²) < 4.78 is 2.17. The van der Waals surface area contributed by atoms with Crippen LogP contribution in [0.1, 0.15) is 34.0 Å². The number of aromatic nitrogens is 2. The molecule has 7 heteroatoms. The van der Waals surface area contributed by atoms with Gasteiger partial charge in [-0.15, -0.1) is 0 Å². The summed E-state index contributed by atoms with van der Waals surface area (Å²) in [4.78, 5) is 38.4. The molecular formula is C20H26N4O3. The minimum Gasteiger partial charge on any atom is -0.349 e. The number of hydrogen-bond acceptors (Lipinski definition) is 4. The van der Waals surface area contributed by atoms with Gasteiger partial charge in [-0.1, -0.05) is 24.3 Å². The van der Waals surface area contributed by atoms with Crippen LogP contribution >= 0.6 is 0 Å². The Labute approximate surface area is 158 Å². The smallest absolute Gasteiger partial charge is 0.331 e. The Morgan fingerprint density at radius 2 is 1.93 bits per heavy atom. The molecule has 1 N–H and O–H groups in total. The van der Waals surface area contributed by atoms with Crippen LogP contribution in [-0.4, -0.2) is 46.1 Å². The second-order valence-electron chi connectivity index (χ2n) is 7.17. The fourth-order valence-corrected chi connectivity index (χ4v) is 3.70. The van der Waals surface area contributed by atoms with Crippen molar-refractivity contribution in [2.75, 3.05) is 26.2 Å². The van der Waals surface area contributed by atoms with Crippen LogP contribution in [0.15, 0.2) is 39.9 Å². The Morgan fingerprint density at radius 1 is 1.19 bits per heavy atom. The molecule has 0 aliphatic carbocycles. The summed E-state index contributed by atoms with van der Waals surface area (Å²) in [6.45, 7) is 5.34. The fraction of sp³-hybridized carbons (Fsp3) is 0.450. The molecule has 0 spiro atoms. The van der Waals surface area contributed by atoms with Gasteiger partial charge in [0, 0.05) is 39.8 Å². The van der Waals surface area contributed by atoms with Gasteiger partial charge in [0.1, 0.15) is 5.69 Å². The van der Waals surface area contributed by atoms with Gasteiger partial charge in [0.15, 0.2) is 0 Å². The van der Waals surface area contributed by atoms with Crippen LogP contribution in [0.5, 0.6) is 0 Å². The molecule has 1 aromatic carbocycles. The van der Waals surface area contributed by atoms with Gasteiger partial charge in [-0.25, -0.2) is 4.79 Å². The van der Waals surface area contributed by atoms with Crippen molar-refractivity contribution in [2.45, 2.75) is 19.3 Å². The number of nitrogens with one attached hydrogen (secondary N) is 1. The molecule has 1 atom stereocenters. The molecule has 2 aromatic rings. The molecule has 1 aliphatic heterocycles. The van der Waals surface area contributed by atoms with Gasteiger partial charge >= 0.3 is 5.69 Å². The first kappa shape index (κ1) is 19.1. The molecule has 27 heavy (non-hydrogen) atoms. The van der Waals surface area contributed by atoms with Crippen molar-refractivity contribution in [1.82, 2.24) is 19.4 Å². The van der Waals surface area contributed by atoms with Crippen molar-refractivity contribution >= 4 is 5.91 Å². The van der Waals surface area contributed by atoms with E-state index in [1.165, 1.54) is 35.9 Å². The summed E-state index contributed by atoms with van der Waals surface area (Å²) in [6.07, 6.45) is 1.11. The molecule has 3 rings (SSSR count). The molecule has 1 amide bonds. The van der Waals surface area contributed by atoms with Gasteiger partial charge in [0.2, 0.25) is 0 Å². The molecule has 0 bridgehead atoms. The number of carbonyl (C=O) groups is 1. The predicted octanol–water partition coefficient (Wildman–Crippen LogP) is 0.612. The number of rotatable bonds is 5. The van der Waals surface area contributed by atoms with Gasteiger partial charge in [0.05, 0.1) is 0 Å². The van der Waals surface area contributed by atoms with Crippen LogP contribution in [0.4, 0.5) is 0 Å². The van der Waals surface area contributed by atoms with E-state index in [0.29, 0.717) is 12.5 Å². The molecule has 1 fully saturated rings. The maximum atomic E-state index is 12.3. The SMILES string of the molecule is Cc1ccccc1C1CCN(CCNC(=O)c2cc(=O)n(C)c(=O)n2C)C1. The summed E-state index contributed by atoms with van der Waals surface area (Å²) in [5.74, 6) is 0.127. The Morgan fingerprint density at radius 3 is 2.67 bits per heavy atom. The number of likely N-dealkylation sites (tertiary alicyclic amines) is 1. The Balaban J connectivity index is 1.55. The third kappa shape index (κ3) is 4.03. The number of amides is 1. The number of nitrogens with zero attached hydrogens (tertiary/aromatic N) is 3. The molecule has 0 saturated carbocycles. The zero-order valence-corrected chi connectivity index (χ0v) is 16.1. The van der Waals surface area contributed by atoms with Crippen LogP contribution in [0, 0.1) is 6.92 Å². The molecule has 0 radical (unpaired) electrons. The minimum atomic E-state index is -0.506. The van der Waals surface area contributed by atoms with E-state index in [4.69, 9.17) is 0 Å². The third-order valence-corrected chi connectivity index (χ3v) is 5.37. The zero-order valence-electron chi connectivity index (χ0n) is 16.1. The molecule has 1 aromatic heterocycles. The van der Waals surface area contributed by atoms with Crippen LogP contribution in [0.3, 0.4) is 0 Å². The van der Waals surface area contributed by atoms with Crippen LogP contribution in [0.2, 0.25) is 0 Å². The van der Waals surface area contributed by atoms with Gasteiger partial charge < -0.3 is 10.2 Å². The summed E-state index contributed by atoms with van der Waals surface area (Å²) in [5.41, 5.74) is 1.82. The number of benzene rings is 1. The molecule has 7 nitrogen and oxygen atoms in total. The Bertz CT molecular complexity index is 960. The molecule has 144 valence electrons. The van der Waals surface area contributed by atoms with E-state index in [1.54, 1.807) is 0 Å². The Kier molecular flexibility index (Phi) is 5.60. The maximum absolute atomic E-state index is 12.3. The lowest BCUT2D eigenvalue weighted by atomic mass is 9.94. The second-order valence-corrected chi connectivity index (χ2v) is 7.17. The molecule has 1 unspecified atom stereocenters. The molecular weight excluding hydrogens is 344 g/mol. The summed E-state index contributed by atoms with van der Waals surface area (Å²) in [5, 5.41) is 2.82. The lowest BCUT2D eigenvalue weighted by Crippen LogP contribution is -2.42. The molecule has 2 heterocycles. The number of hydrogen-bond donors (Lipinski definition) is 1. The van der Waals surface area contributed by atoms with E-state index in [2.05, 4.69) is 41.4 Å².